The van der Waals surface area contributed by atoms with Crippen LogP contribution in [0.4, 0.5) is 5.69 Å². The summed E-state index contributed by atoms with van der Waals surface area (Å²) in [5, 5.41) is 5.90. The molecule has 1 rings (SSSR count). The van der Waals surface area contributed by atoms with Crippen LogP contribution in [0.3, 0.4) is 0 Å². The van der Waals surface area contributed by atoms with Crippen LogP contribution in [0.2, 0.25) is 0 Å². The molecule has 0 fully saturated rings. The second-order valence-electron chi connectivity index (χ2n) is 3.68. The van der Waals surface area contributed by atoms with E-state index < -0.39 is 0 Å². The quantitative estimate of drug-likeness (QED) is 0.773. The number of benzene rings is 1. The van der Waals surface area contributed by atoms with Gasteiger partial charge in [0.1, 0.15) is 0 Å². The van der Waals surface area contributed by atoms with Crippen molar-refractivity contribution in [1.29, 1.82) is 0 Å². The highest BCUT2D eigenvalue weighted by Crippen LogP contribution is 2.19. The molecule has 1 unspecified atom stereocenters. The molecule has 0 heterocycles. The van der Waals surface area contributed by atoms with Crippen LogP contribution in [-0.4, -0.2) is 25.8 Å². The van der Waals surface area contributed by atoms with Crippen molar-refractivity contribution in [2.24, 2.45) is 5.92 Å². The van der Waals surface area contributed by atoms with Crippen LogP contribution in [0.25, 0.3) is 0 Å². The summed E-state index contributed by atoms with van der Waals surface area (Å²) >= 11 is 1.67. The lowest BCUT2D eigenvalue weighted by atomic mass is 10.1. The van der Waals surface area contributed by atoms with Gasteiger partial charge in [0.25, 0.3) is 0 Å². The minimum Gasteiger partial charge on any atom is -0.326 e. The molecule has 1 atom stereocenters. The molecule has 0 radical (unpaired) electrons. The Morgan fingerprint density at radius 1 is 1.50 bits per heavy atom. The van der Waals surface area contributed by atoms with E-state index in [0.717, 1.165) is 10.6 Å². The van der Waals surface area contributed by atoms with Gasteiger partial charge in [0.2, 0.25) is 5.91 Å². The molecule has 0 saturated carbocycles. The summed E-state index contributed by atoms with van der Waals surface area (Å²) in [7, 11) is 1.85. The molecule has 1 aromatic rings. The summed E-state index contributed by atoms with van der Waals surface area (Å²) in [6.07, 6.45) is 2.02. The lowest BCUT2D eigenvalue weighted by Crippen LogP contribution is -2.28. The summed E-state index contributed by atoms with van der Waals surface area (Å²) in [5.74, 6) is 0.0236. The van der Waals surface area contributed by atoms with Gasteiger partial charge in [0, 0.05) is 23.0 Å². The standard InChI is InChI=1S/C12H18N2OS/c1-9(8-13-2)12(15)14-10-5-4-6-11(7-10)16-3/h4-7,9,13H,8H2,1-3H3,(H,14,15). The average molecular weight is 238 g/mol. The predicted molar refractivity (Wildman–Crippen MR) is 69.9 cm³/mol. The van der Waals surface area contributed by atoms with E-state index in [-0.39, 0.29) is 11.8 Å². The van der Waals surface area contributed by atoms with Crippen molar-refractivity contribution in [2.45, 2.75) is 11.8 Å². The molecular formula is C12H18N2OS. The first kappa shape index (κ1) is 13.1. The van der Waals surface area contributed by atoms with Crippen LogP contribution in [-0.2, 0) is 4.79 Å². The van der Waals surface area contributed by atoms with Crippen molar-refractivity contribution in [3.63, 3.8) is 0 Å². The maximum Gasteiger partial charge on any atom is 0.228 e. The van der Waals surface area contributed by atoms with Crippen LogP contribution in [0.1, 0.15) is 6.92 Å². The molecule has 4 heteroatoms. The van der Waals surface area contributed by atoms with Crippen LogP contribution in [0.15, 0.2) is 29.2 Å². The summed E-state index contributed by atoms with van der Waals surface area (Å²) < 4.78 is 0. The Morgan fingerprint density at radius 2 is 2.25 bits per heavy atom. The summed E-state index contributed by atoms with van der Waals surface area (Å²) in [6.45, 7) is 2.60. The highest BCUT2D eigenvalue weighted by Gasteiger charge is 2.11. The van der Waals surface area contributed by atoms with E-state index >= 15 is 0 Å². The van der Waals surface area contributed by atoms with Gasteiger partial charge in [-0.25, -0.2) is 0 Å². The minimum absolute atomic E-state index is 0.0251. The van der Waals surface area contributed by atoms with Crippen molar-refractivity contribution < 1.29 is 4.79 Å². The lowest BCUT2D eigenvalue weighted by Gasteiger charge is -2.11. The van der Waals surface area contributed by atoms with Crippen molar-refractivity contribution in [3.05, 3.63) is 24.3 Å². The monoisotopic (exact) mass is 238 g/mol. The van der Waals surface area contributed by atoms with Crippen molar-refractivity contribution in [3.8, 4) is 0 Å². The molecule has 88 valence electrons. The maximum atomic E-state index is 11.7. The molecule has 1 aromatic carbocycles. The number of rotatable bonds is 5. The van der Waals surface area contributed by atoms with Crippen molar-refractivity contribution in [1.82, 2.24) is 5.32 Å². The first-order valence-electron chi connectivity index (χ1n) is 5.27. The summed E-state index contributed by atoms with van der Waals surface area (Å²) in [4.78, 5) is 12.9. The largest absolute Gasteiger partial charge is 0.326 e. The molecular weight excluding hydrogens is 220 g/mol. The van der Waals surface area contributed by atoms with Gasteiger partial charge in [0.15, 0.2) is 0 Å². The first-order chi connectivity index (χ1) is 7.67. The molecule has 3 nitrogen and oxygen atoms in total. The highest BCUT2D eigenvalue weighted by molar-refractivity contribution is 7.98. The smallest absolute Gasteiger partial charge is 0.228 e. The number of amides is 1. The molecule has 0 spiro atoms. The molecule has 2 N–H and O–H groups in total. The maximum absolute atomic E-state index is 11.7. The summed E-state index contributed by atoms with van der Waals surface area (Å²) in [6, 6.07) is 7.86. The third-order valence-corrected chi connectivity index (χ3v) is 3.02. The third kappa shape index (κ3) is 3.87. The molecule has 0 aromatic heterocycles. The minimum atomic E-state index is -0.0251. The van der Waals surface area contributed by atoms with E-state index in [9.17, 15) is 4.79 Å². The first-order valence-corrected chi connectivity index (χ1v) is 6.49. The Morgan fingerprint density at radius 3 is 2.88 bits per heavy atom. The van der Waals surface area contributed by atoms with E-state index in [1.54, 1.807) is 11.8 Å². The van der Waals surface area contributed by atoms with Gasteiger partial charge >= 0.3 is 0 Å². The van der Waals surface area contributed by atoms with E-state index in [1.807, 2.05) is 44.5 Å². The van der Waals surface area contributed by atoms with Crippen LogP contribution >= 0.6 is 11.8 Å². The molecule has 1 amide bonds. The Hall–Kier alpha value is -1.00. The van der Waals surface area contributed by atoms with Gasteiger partial charge in [-0.05, 0) is 31.5 Å². The molecule has 0 aliphatic heterocycles. The lowest BCUT2D eigenvalue weighted by molar-refractivity contribution is -0.119. The number of hydrogen-bond donors (Lipinski definition) is 2. The molecule has 0 bridgehead atoms. The van der Waals surface area contributed by atoms with E-state index in [2.05, 4.69) is 10.6 Å². The van der Waals surface area contributed by atoms with Crippen LogP contribution in [0.5, 0.6) is 0 Å². The second-order valence-corrected chi connectivity index (χ2v) is 4.56. The number of nitrogens with one attached hydrogen (secondary N) is 2. The van der Waals surface area contributed by atoms with Gasteiger partial charge < -0.3 is 10.6 Å². The fourth-order valence-electron chi connectivity index (χ4n) is 1.37. The van der Waals surface area contributed by atoms with E-state index in [4.69, 9.17) is 0 Å². The normalized spacial score (nSPS) is 12.2. The Bertz CT molecular complexity index is 355. The van der Waals surface area contributed by atoms with Crippen LogP contribution < -0.4 is 10.6 Å². The third-order valence-electron chi connectivity index (χ3n) is 2.30. The molecule has 0 saturated heterocycles. The Balaban J connectivity index is 2.61. The number of carbonyl (C=O) groups is 1. The van der Waals surface area contributed by atoms with Gasteiger partial charge in [-0.15, -0.1) is 11.8 Å². The number of thioether (sulfide) groups is 1. The molecule has 16 heavy (non-hydrogen) atoms. The van der Waals surface area contributed by atoms with Crippen molar-refractivity contribution in [2.75, 3.05) is 25.2 Å². The van der Waals surface area contributed by atoms with Gasteiger partial charge in [0.05, 0.1) is 0 Å². The predicted octanol–water partition coefficient (Wildman–Crippen LogP) is 2.20. The van der Waals surface area contributed by atoms with Crippen molar-refractivity contribution >= 4 is 23.4 Å². The SMILES string of the molecule is CNCC(C)C(=O)Nc1cccc(SC)c1. The molecule has 0 aliphatic rings. The van der Waals surface area contributed by atoms with Crippen LogP contribution in [0, 0.1) is 5.92 Å². The number of anilines is 1. The van der Waals surface area contributed by atoms with Gasteiger partial charge in [-0.2, -0.15) is 0 Å². The molecule has 0 aliphatic carbocycles. The number of carbonyl (C=O) groups excluding carboxylic acids is 1. The second kappa shape index (κ2) is 6.55. The zero-order valence-corrected chi connectivity index (χ0v) is 10.7. The van der Waals surface area contributed by atoms with E-state index in [0.29, 0.717) is 6.54 Å². The summed E-state index contributed by atoms with van der Waals surface area (Å²) in [5.41, 5.74) is 0.861. The van der Waals surface area contributed by atoms with Gasteiger partial charge in [-0.1, -0.05) is 13.0 Å². The average Bonchev–Trinajstić information content (AvgIpc) is 2.29. The zero-order valence-electron chi connectivity index (χ0n) is 9.91. The fraction of sp³-hybridized carbons (Fsp3) is 0.417. The Kier molecular flexibility index (Phi) is 5.35. The van der Waals surface area contributed by atoms with E-state index in [1.165, 1.54) is 0 Å². The topological polar surface area (TPSA) is 41.1 Å². The fourth-order valence-corrected chi connectivity index (χ4v) is 1.82. The number of hydrogen-bond acceptors (Lipinski definition) is 3. The Labute approximate surface area is 101 Å². The van der Waals surface area contributed by atoms with Gasteiger partial charge in [-0.3, -0.25) is 4.79 Å². The highest BCUT2D eigenvalue weighted by atomic mass is 32.2. The zero-order chi connectivity index (χ0) is 12.0.